The highest BCUT2D eigenvalue weighted by Gasteiger charge is 2.03. The first-order chi connectivity index (χ1) is 30.2. The van der Waals surface area contributed by atoms with E-state index in [9.17, 15) is 0 Å². The van der Waals surface area contributed by atoms with Crippen molar-refractivity contribution in [1.29, 1.82) is 10.5 Å². The van der Waals surface area contributed by atoms with Crippen molar-refractivity contribution in [2.45, 2.75) is 212 Å². The Morgan fingerprint density at radius 2 is 0.377 bits per heavy atom. The van der Waals surface area contributed by atoms with Crippen LogP contribution in [0, 0.1) is 22.7 Å². The van der Waals surface area contributed by atoms with Gasteiger partial charge in [-0.15, -0.1) is 0 Å². The van der Waals surface area contributed by atoms with Crippen molar-refractivity contribution < 1.29 is 0 Å². The van der Waals surface area contributed by atoms with Crippen molar-refractivity contribution in [3.8, 4) is 34.4 Å². The molecule has 0 fully saturated rings. The predicted octanol–water partition coefficient (Wildman–Crippen LogP) is 18.6. The predicted molar refractivity (Wildman–Crippen MR) is 264 cm³/mol. The van der Waals surface area contributed by atoms with Crippen LogP contribution in [0.2, 0.25) is 0 Å². The van der Waals surface area contributed by atoms with E-state index in [1.54, 1.807) is 0 Å². The Morgan fingerprint density at radius 3 is 0.557 bits per heavy atom. The lowest BCUT2D eigenvalue weighted by atomic mass is 10.00. The van der Waals surface area contributed by atoms with Crippen LogP contribution in [-0.2, 0) is 12.8 Å². The summed E-state index contributed by atoms with van der Waals surface area (Å²) in [6.07, 6.45) is 46.6. The van der Waals surface area contributed by atoms with Crippen molar-refractivity contribution in [2.75, 3.05) is 0 Å². The van der Waals surface area contributed by atoms with Crippen LogP contribution in [0.25, 0.3) is 22.3 Å². The van der Waals surface area contributed by atoms with Gasteiger partial charge in [0.1, 0.15) is 0 Å². The molecule has 0 aromatic heterocycles. The fourth-order valence-electron chi connectivity index (χ4n) is 8.99. The van der Waals surface area contributed by atoms with E-state index in [1.165, 1.54) is 245 Å². The van der Waals surface area contributed by atoms with Gasteiger partial charge in [-0.1, -0.05) is 259 Å². The van der Waals surface area contributed by atoms with Gasteiger partial charge in [-0.3, -0.25) is 0 Å². The maximum absolute atomic E-state index is 9.00. The molecule has 0 aliphatic rings. The number of hydrogen-bond acceptors (Lipinski definition) is 2. The standard InChI is InChI=1S/C59H82N2/c60-50-54-38-46-58(47-39-54)56-42-34-52(35-43-56)32-30-28-26-24-22-20-18-16-14-12-10-8-6-4-2-1-3-5-7-9-11-13-15-17-19-21-23-25-27-29-31-33-53-36-44-57(45-37-53)59-48-40-55(51-61)41-49-59/h34-49H,1-33H2. The molecule has 2 heteroatoms. The summed E-state index contributed by atoms with van der Waals surface area (Å²) in [6.45, 7) is 0. The molecule has 0 amide bonds. The highest BCUT2D eigenvalue weighted by Crippen LogP contribution is 2.23. The maximum atomic E-state index is 9.00. The number of rotatable bonds is 36. The Hall–Kier alpha value is -4.14. The molecule has 0 saturated carbocycles. The van der Waals surface area contributed by atoms with E-state index in [4.69, 9.17) is 10.5 Å². The van der Waals surface area contributed by atoms with Gasteiger partial charge < -0.3 is 0 Å². The number of benzene rings is 4. The van der Waals surface area contributed by atoms with Crippen LogP contribution < -0.4 is 0 Å². The van der Waals surface area contributed by atoms with E-state index in [2.05, 4.69) is 60.7 Å². The molecule has 0 saturated heterocycles. The summed E-state index contributed by atoms with van der Waals surface area (Å²) >= 11 is 0. The van der Waals surface area contributed by atoms with Crippen LogP contribution in [0.4, 0.5) is 0 Å². The molecule has 0 unspecified atom stereocenters. The summed E-state index contributed by atoms with van der Waals surface area (Å²) in [6, 6.07) is 38.1. The van der Waals surface area contributed by atoms with Gasteiger partial charge in [0.05, 0.1) is 23.3 Å². The largest absolute Gasteiger partial charge is 0.192 e. The minimum atomic E-state index is 0.716. The van der Waals surface area contributed by atoms with E-state index in [0.29, 0.717) is 11.1 Å². The highest BCUT2D eigenvalue weighted by molar-refractivity contribution is 5.65. The molecular weight excluding hydrogens is 737 g/mol. The van der Waals surface area contributed by atoms with E-state index in [1.807, 2.05) is 48.5 Å². The molecule has 0 aliphatic heterocycles. The molecule has 0 N–H and O–H groups in total. The van der Waals surface area contributed by atoms with Gasteiger partial charge in [0.25, 0.3) is 0 Å². The molecule has 61 heavy (non-hydrogen) atoms. The molecule has 328 valence electrons. The number of nitriles is 2. The van der Waals surface area contributed by atoms with Crippen molar-refractivity contribution in [3.05, 3.63) is 119 Å². The number of aryl methyl sites for hydroxylation is 2. The quantitative estimate of drug-likeness (QED) is 0.0429. The van der Waals surface area contributed by atoms with E-state index in [0.717, 1.165) is 0 Å². The lowest BCUT2D eigenvalue weighted by molar-refractivity contribution is 0.512. The zero-order valence-electron chi connectivity index (χ0n) is 38.5. The Kier molecular flexibility index (Phi) is 27.2. The van der Waals surface area contributed by atoms with Crippen LogP contribution in [0.1, 0.15) is 221 Å². The molecular formula is C59H82N2. The smallest absolute Gasteiger partial charge is 0.0991 e. The average Bonchev–Trinajstić information content (AvgIpc) is 3.31. The second kappa shape index (κ2) is 33.5. The Bertz CT molecular complexity index is 1590. The molecule has 0 aliphatic carbocycles. The van der Waals surface area contributed by atoms with Gasteiger partial charge in [-0.25, -0.2) is 0 Å². The molecule has 0 heterocycles. The summed E-state index contributed by atoms with van der Waals surface area (Å²) in [5.74, 6) is 0. The minimum absolute atomic E-state index is 0.716. The molecule has 4 aromatic rings. The zero-order valence-corrected chi connectivity index (χ0v) is 38.5. The van der Waals surface area contributed by atoms with Crippen molar-refractivity contribution in [2.24, 2.45) is 0 Å². The average molecular weight is 819 g/mol. The molecule has 0 spiro atoms. The number of unbranched alkanes of at least 4 members (excludes halogenated alkanes) is 30. The first-order valence-electron chi connectivity index (χ1n) is 25.4. The third kappa shape index (κ3) is 23.0. The minimum Gasteiger partial charge on any atom is -0.192 e. The van der Waals surface area contributed by atoms with E-state index < -0.39 is 0 Å². The lowest BCUT2D eigenvalue weighted by Crippen LogP contribution is -1.87. The molecule has 2 nitrogen and oxygen atoms in total. The summed E-state index contributed by atoms with van der Waals surface area (Å²) in [7, 11) is 0. The summed E-state index contributed by atoms with van der Waals surface area (Å²) in [5, 5.41) is 18.0. The fraction of sp³-hybridized carbons (Fsp3) is 0.559. The van der Waals surface area contributed by atoms with Crippen LogP contribution in [-0.4, -0.2) is 0 Å². The van der Waals surface area contributed by atoms with Gasteiger partial charge in [-0.05, 0) is 83.3 Å². The second-order valence-electron chi connectivity index (χ2n) is 18.2. The monoisotopic (exact) mass is 819 g/mol. The number of hydrogen-bond donors (Lipinski definition) is 0. The first kappa shape index (κ1) is 49.5. The van der Waals surface area contributed by atoms with Crippen LogP contribution >= 0.6 is 0 Å². The summed E-state index contributed by atoms with van der Waals surface area (Å²) in [4.78, 5) is 0. The van der Waals surface area contributed by atoms with Crippen molar-refractivity contribution in [1.82, 2.24) is 0 Å². The third-order valence-corrected chi connectivity index (χ3v) is 13.0. The van der Waals surface area contributed by atoms with Crippen LogP contribution in [0.5, 0.6) is 0 Å². The van der Waals surface area contributed by atoms with E-state index >= 15 is 0 Å². The Morgan fingerprint density at radius 1 is 0.213 bits per heavy atom. The van der Waals surface area contributed by atoms with Crippen molar-refractivity contribution >= 4 is 0 Å². The normalized spacial score (nSPS) is 11.1. The molecule has 0 bridgehead atoms. The summed E-state index contributed by atoms with van der Waals surface area (Å²) in [5.41, 5.74) is 9.12. The van der Waals surface area contributed by atoms with Gasteiger partial charge in [0.15, 0.2) is 0 Å². The molecule has 0 radical (unpaired) electrons. The van der Waals surface area contributed by atoms with Gasteiger partial charge >= 0.3 is 0 Å². The molecule has 4 rings (SSSR count). The van der Waals surface area contributed by atoms with E-state index in [-0.39, 0.29) is 0 Å². The van der Waals surface area contributed by atoms with Crippen LogP contribution in [0.15, 0.2) is 97.1 Å². The van der Waals surface area contributed by atoms with Crippen molar-refractivity contribution in [3.63, 3.8) is 0 Å². The molecule has 0 atom stereocenters. The fourth-order valence-corrected chi connectivity index (χ4v) is 8.99. The second-order valence-corrected chi connectivity index (χ2v) is 18.2. The topological polar surface area (TPSA) is 47.6 Å². The van der Waals surface area contributed by atoms with Gasteiger partial charge in [0, 0.05) is 0 Å². The lowest BCUT2D eigenvalue weighted by Gasteiger charge is -2.06. The zero-order chi connectivity index (χ0) is 42.7. The Balaban J connectivity index is 0.781. The van der Waals surface area contributed by atoms with Gasteiger partial charge in [0.2, 0.25) is 0 Å². The Labute approximate surface area is 374 Å². The molecule has 4 aromatic carbocycles. The van der Waals surface area contributed by atoms with Crippen LogP contribution in [0.3, 0.4) is 0 Å². The highest BCUT2D eigenvalue weighted by atomic mass is 14.2. The first-order valence-corrected chi connectivity index (χ1v) is 25.4. The van der Waals surface area contributed by atoms with Gasteiger partial charge in [-0.2, -0.15) is 10.5 Å². The maximum Gasteiger partial charge on any atom is 0.0991 e. The third-order valence-electron chi connectivity index (χ3n) is 13.0. The SMILES string of the molecule is N#Cc1ccc(-c2ccc(CCCCCCCCCCCCCCCCCCCCCCCCCCCCCCCCCc3ccc(-c4ccc(C#N)cc4)cc3)cc2)cc1. The number of nitrogens with zero attached hydrogens (tertiary/aromatic N) is 2. The summed E-state index contributed by atoms with van der Waals surface area (Å²) < 4.78 is 0.